The molecule has 2 amide bonds. The molecule has 2 aromatic rings. The molecule has 1 heterocycles. The first kappa shape index (κ1) is 17.0. The van der Waals surface area contributed by atoms with Crippen LogP contribution in [-0.4, -0.2) is 18.6 Å². The fourth-order valence-corrected chi connectivity index (χ4v) is 3.13. The van der Waals surface area contributed by atoms with Crippen LogP contribution in [0.2, 0.25) is 0 Å². The Kier molecular flexibility index (Phi) is 5.76. The van der Waals surface area contributed by atoms with E-state index in [-0.39, 0.29) is 6.03 Å². The Bertz CT molecular complexity index is 695. The number of carbonyl (C=O) groups excluding carboxylic acids is 2. The molecule has 0 spiro atoms. The standard InChI is InChI=1S/C17H20N2O3S/c1-4-22-16(20)14-11(2)12(3)23-15(14)19-17(21)18-10-13-8-6-5-7-9-13/h5-9H,4,10H2,1-3H3,(H2,18,19,21). The number of anilines is 1. The molecule has 5 nitrogen and oxygen atoms in total. The monoisotopic (exact) mass is 332 g/mol. The van der Waals surface area contributed by atoms with Crippen LogP contribution < -0.4 is 10.6 Å². The van der Waals surface area contributed by atoms with Gasteiger partial charge in [0.2, 0.25) is 0 Å². The summed E-state index contributed by atoms with van der Waals surface area (Å²) in [6.07, 6.45) is 0. The minimum absolute atomic E-state index is 0.298. The van der Waals surface area contributed by atoms with Gasteiger partial charge in [0.25, 0.3) is 0 Å². The minimum atomic E-state index is -0.410. The zero-order valence-electron chi connectivity index (χ0n) is 13.4. The number of hydrogen-bond acceptors (Lipinski definition) is 4. The van der Waals surface area contributed by atoms with E-state index < -0.39 is 5.97 Å². The SMILES string of the molecule is CCOC(=O)c1c(NC(=O)NCc2ccccc2)sc(C)c1C. The maximum absolute atomic E-state index is 12.1. The molecule has 2 rings (SSSR count). The third kappa shape index (κ3) is 4.32. The van der Waals surface area contributed by atoms with Crippen molar-refractivity contribution in [3.8, 4) is 0 Å². The predicted octanol–water partition coefficient (Wildman–Crippen LogP) is 3.86. The summed E-state index contributed by atoms with van der Waals surface area (Å²) in [5, 5.41) is 6.05. The highest BCUT2D eigenvalue weighted by atomic mass is 32.1. The Morgan fingerprint density at radius 1 is 1.17 bits per heavy atom. The summed E-state index contributed by atoms with van der Waals surface area (Å²) in [7, 11) is 0. The van der Waals surface area contributed by atoms with Gasteiger partial charge >= 0.3 is 12.0 Å². The summed E-state index contributed by atoms with van der Waals surface area (Å²) < 4.78 is 5.07. The molecule has 0 unspecified atom stereocenters. The van der Waals surface area contributed by atoms with E-state index in [1.165, 1.54) is 11.3 Å². The zero-order chi connectivity index (χ0) is 16.8. The van der Waals surface area contributed by atoms with Crippen LogP contribution in [-0.2, 0) is 11.3 Å². The molecular weight excluding hydrogens is 312 g/mol. The van der Waals surface area contributed by atoms with Crippen molar-refractivity contribution in [3.05, 3.63) is 51.9 Å². The van der Waals surface area contributed by atoms with Crippen LogP contribution in [0.1, 0.15) is 33.3 Å². The smallest absolute Gasteiger partial charge is 0.341 e. The van der Waals surface area contributed by atoms with Crippen molar-refractivity contribution in [2.45, 2.75) is 27.3 Å². The Morgan fingerprint density at radius 2 is 1.87 bits per heavy atom. The summed E-state index contributed by atoms with van der Waals surface area (Å²) >= 11 is 1.37. The molecule has 1 aromatic carbocycles. The maximum atomic E-state index is 12.1. The fourth-order valence-electron chi connectivity index (χ4n) is 2.09. The lowest BCUT2D eigenvalue weighted by atomic mass is 10.1. The van der Waals surface area contributed by atoms with Crippen molar-refractivity contribution in [2.24, 2.45) is 0 Å². The highest BCUT2D eigenvalue weighted by Crippen LogP contribution is 2.32. The summed E-state index contributed by atoms with van der Waals surface area (Å²) in [6.45, 7) is 6.24. The van der Waals surface area contributed by atoms with Crippen molar-refractivity contribution in [1.82, 2.24) is 5.32 Å². The number of thiophene rings is 1. The molecule has 0 atom stereocenters. The second kappa shape index (κ2) is 7.78. The molecule has 0 fully saturated rings. The molecule has 0 aliphatic rings. The highest BCUT2D eigenvalue weighted by Gasteiger charge is 2.21. The molecule has 0 bridgehead atoms. The molecule has 0 saturated carbocycles. The van der Waals surface area contributed by atoms with Crippen LogP contribution in [0.5, 0.6) is 0 Å². The molecule has 122 valence electrons. The van der Waals surface area contributed by atoms with Gasteiger partial charge in [0.15, 0.2) is 0 Å². The van der Waals surface area contributed by atoms with Crippen molar-refractivity contribution < 1.29 is 14.3 Å². The lowest BCUT2D eigenvalue weighted by Gasteiger charge is -2.08. The zero-order valence-corrected chi connectivity index (χ0v) is 14.3. The van der Waals surface area contributed by atoms with Gasteiger partial charge in [-0.15, -0.1) is 11.3 Å². The normalized spacial score (nSPS) is 10.2. The van der Waals surface area contributed by atoms with E-state index in [2.05, 4.69) is 10.6 Å². The third-order valence-corrected chi connectivity index (χ3v) is 4.51. The van der Waals surface area contributed by atoms with E-state index >= 15 is 0 Å². The summed E-state index contributed by atoms with van der Waals surface area (Å²) in [4.78, 5) is 25.1. The molecule has 0 radical (unpaired) electrons. The van der Waals surface area contributed by atoms with Gasteiger partial charge in [-0.3, -0.25) is 5.32 Å². The number of benzene rings is 1. The van der Waals surface area contributed by atoms with Gasteiger partial charge in [0, 0.05) is 11.4 Å². The quantitative estimate of drug-likeness (QED) is 0.817. The van der Waals surface area contributed by atoms with Gasteiger partial charge in [-0.25, -0.2) is 9.59 Å². The van der Waals surface area contributed by atoms with Crippen LogP contribution in [0.15, 0.2) is 30.3 Å². The Balaban J connectivity index is 2.06. The van der Waals surface area contributed by atoms with Crippen molar-refractivity contribution in [3.63, 3.8) is 0 Å². The van der Waals surface area contributed by atoms with E-state index in [4.69, 9.17) is 4.74 Å². The number of ether oxygens (including phenoxy) is 1. The van der Waals surface area contributed by atoms with Gasteiger partial charge in [0.05, 0.1) is 12.2 Å². The summed E-state index contributed by atoms with van der Waals surface area (Å²) in [5.41, 5.74) is 2.28. The van der Waals surface area contributed by atoms with Crippen LogP contribution in [0.4, 0.5) is 9.80 Å². The second-order valence-electron chi connectivity index (χ2n) is 5.00. The Hall–Kier alpha value is -2.34. The van der Waals surface area contributed by atoms with Gasteiger partial charge < -0.3 is 10.1 Å². The minimum Gasteiger partial charge on any atom is -0.462 e. The van der Waals surface area contributed by atoms with Crippen molar-refractivity contribution in [1.29, 1.82) is 0 Å². The Labute approximate surface area is 139 Å². The van der Waals surface area contributed by atoms with Gasteiger partial charge in [-0.2, -0.15) is 0 Å². The number of amides is 2. The second-order valence-corrected chi connectivity index (χ2v) is 6.23. The lowest BCUT2D eigenvalue weighted by Crippen LogP contribution is -2.28. The van der Waals surface area contributed by atoms with Crippen molar-refractivity contribution >= 4 is 28.3 Å². The largest absolute Gasteiger partial charge is 0.462 e. The molecular formula is C17H20N2O3S. The van der Waals surface area contributed by atoms with E-state index in [9.17, 15) is 9.59 Å². The van der Waals surface area contributed by atoms with E-state index in [0.29, 0.717) is 23.7 Å². The van der Waals surface area contributed by atoms with Gasteiger partial charge in [-0.1, -0.05) is 30.3 Å². The van der Waals surface area contributed by atoms with Crippen molar-refractivity contribution in [2.75, 3.05) is 11.9 Å². The van der Waals surface area contributed by atoms with Crippen LogP contribution >= 0.6 is 11.3 Å². The van der Waals surface area contributed by atoms with E-state index in [0.717, 1.165) is 16.0 Å². The molecule has 0 aliphatic carbocycles. The van der Waals surface area contributed by atoms with E-state index in [1.807, 2.05) is 44.2 Å². The maximum Gasteiger partial charge on any atom is 0.341 e. The summed E-state index contributed by atoms with van der Waals surface area (Å²) in [6, 6.07) is 9.28. The van der Waals surface area contributed by atoms with Crippen LogP contribution in [0, 0.1) is 13.8 Å². The number of urea groups is 1. The molecule has 6 heteroatoms. The molecule has 1 aromatic heterocycles. The highest BCUT2D eigenvalue weighted by molar-refractivity contribution is 7.16. The molecule has 2 N–H and O–H groups in total. The molecule has 23 heavy (non-hydrogen) atoms. The average molecular weight is 332 g/mol. The summed E-state index contributed by atoms with van der Waals surface area (Å²) in [5.74, 6) is -0.410. The first-order valence-corrected chi connectivity index (χ1v) is 8.20. The predicted molar refractivity (Wildman–Crippen MR) is 92.0 cm³/mol. The molecule has 0 aliphatic heterocycles. The fraction of sp³-hybridized carbons (Fsp3) is 0.294. The third-order valence-electron chi connectivity index (χ3n) is 3.39. The number of nitrogens with one attached hydrogen (secondary N) is 2. The van der Waals surface area contributed by atoms with Crippen LogP contribution in [0.25, 0.3) is 0 Å². The van der Waals surface area contributed by atoms with E-state index in [1.54, 1.807) is 6.92 Å². The number of aryl methyl sites for hydroxylation is 1. The number of rotatable bonds is 5. The lowest BCUT2D eigenvalue weighted by molar-refractivity contribution is 0.0527. The topological polar surface area (TPSA) is 67.4 Å². The number of hydrogen-bond donors (Lipinski definition) is 2. The average Bonchev–Trinajstić information content (AvgIpc) is 2.81. The van der Waals surface area contributed by atoms with Gasteiger partial charge in [-0.05, 0) is 31.9 Å². The van der Waals surface area contributed by atoms with Gasteiger partial charge in [0.1, 0.15) is 5.00 Å². The van der Waals surface area contributed by atoms with Crippen LogP contribution in [0.3, 0.4) is 0 Å². The number of esters is 1. The Morgan fingerprint density at radius 3 is 2.52 bits per heavy atom. The molecule has 0 saturated heterocycles. The first-order valence-electron chi connectivity index (χ1n) is 7.38. The first-order chi connectivity index (χ1) is 11.0. The number of carbonyl (C=O) groups is 2.